The molecule has 126 valence electrons. The lowest BCUT2D eigenvalue weighted by atomic mass is 9.97. The van der Waals surface area contributed by atoms with Gasteiger partial charge in [0.15, 0.2) is 0 Å². The van der Waals surface area contributed by atoms with Crippen molar-refractivity contribution in [2.45, 2.75) is 31.8 Å². The van der Waals surface area contributed by atoms with Crippen molar-refractivity contribution < 1.29 is 19.1 Å². The number of para-hydroxylation sites is 1. The summed E-state index contributed by atoms with van der Waals surface area (Å²) in [5, 5.41) is 2.84. The minimum atomic E-state index is -0.842. The van der Waals surface area contributed by atoms with Gasteiger partial charge in [-0.3, -0.25) is 9.59 Å². The molecule has 0 saturated carbocycles. The molecule has 6 heteroatoms. The SMILES string of the molecule is COCCNC(=O)C1(C)CCC(=O)N1Cc1ccccc1OC. The van der Waals surface area contributed by atoms with Gasteiger partial charge in [0, 0.05) is 25.6 Å². The monoisotopic (exact) mass is 320 g/mol. The minimum Gasteiger partial charge on any atom is -0.496 e. The Morgan fingerprint density at radius 3 is 2.78 bits per heavy atom. The molecule has 1 fully saturated rings. The second-order valence-electron chi connectivity index (χ2n) is 5.81. The minimum absolute atomic E-state index is 0.0136. The largest absolute Gasteiger partial charge is 0.496 e. The molecule has 1 saturated heterocycles. The van der Waals surface area contributed by atoms with Gasteiger partial charge in [0.1, 0.15) is 11.3 Å². The Hall–Kier alpha value is -2.08. The lowest BCUT2D eigenvalue weighted by Gasteiger charge is -2.34. The Labute approximate surface area is 136 Å². The number of nitrogens with one attached hydrogen (secondary N) is 1. The Morgan fingerprint density at radius 1 is 1.35 bits per heavy atom. The Kier molecular flexibility index (Phi) is 5.60. The predicted molar refractivity (Wildman–Crippen MR) is 86.1 cm³/mol. The maximum Gasteiger partial charge on any atom is 0.245 e. The molecular formula is C17H24N2O4. The van der Waals surface area contributed by atoms with Gasteiger partial charge in [-0.1, -0.05) is 18.2 Å². The van der Waals surface area contributed by atoms with Crippen LogP contribution in [-0.4, -0.2) is 49.6 Å². The van der Waals surface area contributed by atoms with Crippen LogP contribution < -0.4 is 10.1 Å². The average Bonchev–Trinajstić information content (AvgIpc) is 2.85. The van der Waals surface area contributed by atoms with Crippen LogP contribution >= 0.6 is 0 Å². The molecule has 0 spiro atoms. The Bertz CT molecular complexity index is 575. The van der Waals surface area contributed by atoms with Crippen molar-refractivity contribution in [1.29, 1.82) is 0 Å². The average molecular weight is 320 g/mol. The van der Waals surface area contributed by atoms with Crippen LogP contribution in [0.5, 0.6) is 5.75 Å². The van der Waals surface area contributed by atoms with E-state index in [-0.39, 0.29) is 11.8 Å². The second-order valence-corrected chi connectivity index (χ2v) is 5.81. The number of nitrogens with zero attached hydrogens (tertiary/aromatic N) is 1. The van der Waals surface area contributed by atoms with Crippen LogP contribution in [0.25, 0.3) is 0 Å². The van der Waals surface area contributed by atoms with E-state index in [1.165, 1.54) is 0 Å². The fourth-order valence-electron chi connectivity index (χ4n) is 2.86. The molecule has 1 heterocycles. The number of amides is 2. The van der Waals surface area contributed by atoms with E-state index < -0.39 is 5.54 Å². The normalized spacial score (nSPS) is 20.7. The molecule has 1 aliphatic rings. The van der Waals surface area contributed by atoms with Crippen LogP contribution in [0.3, 0.4) is 0 Å². The topological polar surface area (TPSA) is 67.9 Å². The molecule has 1 aromatic carbocycles. The molecule has 0 aliphatic carbocycles. The summed E-state index contributed by atoms with van der Waals surface area (Å²) in [6.07, 6.45) is 0.892. The molecule has 1 aromatic rings. The van der Waals surface area contributed by atoms with E-state index in [1.54, 1.807) is 19.1 Å². The van der Waals surface area contributed by atoms with Gasteiger partial charge in [0.2, 0.25) is 11.8 Å². The van der Waals surface area contributed by atoms with Crippen molar-refractivity contribution in [1.82, 2.24) is 10.2 Å². The number of methoxy groups -OCH3 is 2. The molecule has 0 radical (unpaired) electrons. The van der Waals surface area contributed by atoms with Crippen molar-refractivity contribution in [2.24, 2.45) is 0 Å². The number of hydrogen-bond donors (Lipinski definition) is 1. The molecule has 1 atom stereocenters. The maximum absolute atomic E-state index is 12.6. The Morgan fingerprint density at radius 2 is 2.09 bits per heavy atom. The van der Waals surface area contributed by atoms with E-state index >= 15 is 0 Å². The third-order valence-corrected chi connectivity index (χ3v) is 4.32. The van der Waals surface area contributed by atoms with Gasteiger partial charge in [-0.05, 0) is 19.4 Å². The molecule has 23 heavy (non-hydrogen) atoms. The van der Waals surface area contributed by atoms with Gasteiger partial charge < -0.3 is 19.7 Å². The molecule has 1 unspecified atom stereocenters. The summed E-state index contributed by atoms with van der Waals surface area (Å²) in [7, 11) is 3.18. The van der Waals surface area contributed by atoms with Gasteiger partial charge in [0.05, 0.1) is 20.3 Å². The highest BCUT2D eigenvalue weighted by atomic mass is 16.5. The van der Waals surface area contributed by atoms with Crippen molar-refractivity contribution >= 4 is 11.8 Å². The van der Waals surface area contributed by atoms with Crippen LogP contribution in [0.15, 0.2) is 24.3 Å². The maximum atomic E-state index is 12.6. The molecule has 2 rings (SSSR count). The van der Waals surface area contributed by atoms with Crippen LogP contribution in [0.4, 0.5) is 0 Å². The quantitative estimate of drug-likeness (QED) is 0.770. The zero-order valence-electron chi connectivity index (χ0n) is 13.9. The first-order valence-corrected chi connectivity index (χ1v) is 7.72. The van der Waals surface area contributed by atoms with Crippen LogP contribution in [0, 0.1) is 0 Å². The van der Waals surface area contributed by atoms with E-state index in [9.17, 15) is 9.59 Å². The summed E-state index contributed by atoms with van der Waals surface area (Å²) in [4.78, 5) is 26.5. The third-order valence-electron chi connectivity index (χ3n) is 4.32. The number of carbonyl (C=O) groups is 2. The number of carbonyl (C=O) groups excluding carboxylic acids is 2. The zero-order chi connectivity index (χ0) is 16.9. The smallest absolute Gasteiger partial charge is 0.245 e. The van der Waals surface area contributed by atoms with Crippen molar-refractivity contribution in [3.05, 3.63) is 29.8 Å². The van der Waals surface area contributed by atoms with Crippen molar-refractivity contribution in [3.8, 4) is 5.75 Å². The lowest BCUT2D eigenvalue weighted by Crippen LogP contribution is -2.54. The molecule has 6 nitrogen and oxygen atoms in total. The summed E-state index contributed by atoms with van der Waals surface area (Å²) in [5.41, 5.74) is 0.0484. The molecule has 0 aromatic heterocycles. The van der Waals surface area contributed by atoms with Crippen LogP contribution in [0.1, 0.15) is 25.3 Å². The van der Waals surface area contributed by atoms with Gasteiger partial charge in [-0.15, -0.1) is 0 Å². The van der Waals surface area contributed by atoms with E-state index in [2.05, 4.69) is 5.32 Å². The molecule has 2 amide bonds. The van der Waals surface area contributed by atoms with Gasteiger partial charge in [0.25, 0.3) is 0 Å². The molecule has 1 aliphatic heterocycles. The fourth-order valence-corrected chi connectivity index (χ4v) is 2.86. The second kappa shape index (κ2) is 7.46. The van der Waals surface area contributed by atoms with Crippen LogP contribution in [-0.2, 0) is 20.9 Å². The number of likely N-dealkylation sites (tertiary alicyclic amines) is 1. The van der Waals surface area contributed by atoms with Gasteiger partial charge in [-0.2, -0.15) is 0 Å². The standard InChI is InChI=1S/C17H24N2O4/c1-17(16(21)18-10-11-22-2)9-8-15(20)19(17)12-13-6-4-5-7-14(13)23-3/h4-7H,8-12H2,1-3H3,(H,18,21). The van der Waals surface area contributed by atoms with E-state index in [4.69, 9.17) is 9.47 Å². The summed E-state index contributed by atoms with van der Waals surface area (Å²) >= 11 is 0. The highest BCUT2D eigenvalue weighted by Gasteiger charge is 2.47. The van der Waals surface area contributed by atoms with E-state index in [0.717, 1.165) is 5.56 Å². The zero-order valence-corrected chi connectivity index (χ0v) is 13.9. The van der Waals surface area contributed by atoms with E-state index in [0.29, 0.717) is 38.3 Å². The Balaban J connectivity index is 2.17. The van der Waals surface area contributed by atoms with Crippen LogP contribution in [0.2, 0.25) is 0 Å². The number of benzene rings is 1. The number of hydrogen-bond acceptors (Lipinski definition) is 4. The molecular weight excluding hydrogens is 296 g/mol. The van der Waals surface area contributed by atoms with E-state index in [1.807, 2.05) is 31.2 Å². The first-order chi connectivity index (χ1) is 11.0. The summed E-state index contributed by atoms with van der Waals surface area (Å²) in [6.45, 7) is 3.05. The van der Waals surface area contributed by atoms with Crippen molar-refractivity contribution in [2.75, 3.05) is 27.4 Å². The highest BCUT2D eigenvalue weighted by molar-refractivity contribution is 5.94. The lowest BCUT2D eigenvalue weighted by molar-refractivity contribution is -0.141. The predicted octanol–water partition coefficient (Wildman–Crippen LogP) is 1.34. The summed E-state index contributed by atoms with van der Waals surface area (Å²) in [6, 6.07) is 7.54. The highest BCUT2D eigenvalue weighted by Crippen LogP contribution is 2.33. The first-order valence-electron chi connectivity index (χ1n) is 7.72. The van der Waals surface area contributed by atoms with Crippen molar-refractivity contribution in [3.63, 3.8) is 0 Å². The van der Waals surface area contributed by atoms with Gasteiger partial charge in [-0.25, -0.2) is 0 Å². The number of rotatable bonds is 7. The summed E-state index contributed by atoms with van der Waals surface area (Å²) < 4.78 is 10.3. The first kappa shape index (κ1) is 17.3. The third kappa shape index (κ3) is 3.64. The summed E-state index contributed by atoms with van der Waals surface area (Å²) in [5.74, 6) is 0.560. The molecule has 1 N–H and O–H groups in total. The fraction of sp³-hybridized carbons (Fsp3) is 0.529. The van der Waals surface area contributed by atoms with Gasteiger partial charge >= 0.3 is 0 Å². The molecule has 0 bridgehead atoms. The number of ether oxygens (including phenoxy) is 2.